The molecule has 83 heavy (non-hydrogen) atoms. The summed E-state index contributed by atoms with van der Waals surface area (Å²) in [6.45, 7) is 6.74. The Kier molecular flexibility index (Phi) is 58.0. The number of likely N-dealkylation sites (N-methyl/N-ethyl adjacent to an activating group) is 1. The van der Waals surface area contributed by atoms with Crippen LogP contribution in [0.2, 0.25) is 0 Å². The van der Waals surface area contributed by atoms with Crippen LogP contribution in [-0.2, 0) is 27.9 Å². The molecule has 0 aromatic heterocycles. The van der Waals surface area contributed by atoms with Crippen LogP contribution in [0, 0.1) is 0 Å². The van der Waals surface area contributed by atoms with Gasteiger partial charge in [0.1, 0.15) is 19.3 Å². The number of quaternary nitrogens is 1. The smallest absolute Gasteiger partial charge is 0.456 e. The number of phosphoric ester groups is 1. The minimum atomic E-state index is -4.48. The first kappa shape index (κ1) is 78.9. The van der Waals surface area contributed by atoms with Crippen LogP contribution in [0.5, 0.6) is 0 Å². The number of carbonyl (C=O) groups excluding carboxylic acids is 2. The fourth-order valence-corrected chi connectivity index (χ4v) is 9.47. The van der Waals surface area contributed by atoms with E-state index >= 15 is 0 Å². The fraction of sp³-hybridized carbons (Fsp3) is 0.644. The Balaban J connectivity index is 5.33. The highest BCUT2D eigenvalue weighted by Crippen LogP contribution is 2.43. The second kappa shape index (κ2) is 61.0. The van der Waals surface area contributed by atoms with E-state index in [1.807, 2.05) is 33.3 Å². The summed E-state index contributed by atoms with van der Waals surface area (Å²) in [6.07, 6.45) is 88.4. The molecule has 0 fully saturated rings. The summed E-state index contributed by atoms with van der Waals surface area (Å²) in [5.41, 5.74) is 0. The van der Waals surface area contributed by atoms with Gasteiger partial charge in [-0.05, 0) is 128 Å². The molecule has 3 atom stereocenters. The van der Waals surface area contributed by atoms with E-state index in [9.17, 15) is 19.0 Å². The van der Waals surface area contributed by atoms with E-state index < -0.39 is 20.0 Å². The number of phosphoric acid groups is 1. The number of carbonyl (C=O) groups is 2. The highest BCUT2D eigenvalue weighted by Gasteiger charge is 2.30. The lowest BCUT2D eigenvalue weighted by atomic mass is 10.0. The van der Waals surface area contributed by atoms with Gasteiger partial charge in [0.2, 0.25) is 5.91 Å². The Morgan fingerprint density at radius 1 is 0.434 bits per heavy atom. The SMILES string of the molecule is CC/C=C\C/C=C\C/C=C\C/C=C\C/C=C\C/C=C\CCCCCCC(=O)NC(COP(=O)(O)OCC[N+](C)(C)C)C(/C=C/CCCCCCCCCCCCC)OC(=O)CCCCCCC/C=C\C/C=C\C/C=C\C/C=C\C/C=C\CC. The lowest BCUT2D eigenvalue weighted by Crippen LogP contribution is -2.47. The number of hydrogen-bond donors (Lipinski definition) is 2. The van der Waals surface area contributed by atoms with Crippen LogP contribution in [0.1, 0.15) is 252 Å². The molecule has 0 aromatic rings. The molecule has 0 saturated carbocycles. The van der Waals surface area contributed by atoms with Gasteiger partial charge in [0.25, 0.3) is 0 Å². The summed E-state index contributed by atoms with van der Waals surface area (Å²) in [5.74, 6) is -0.565. The summed E-state index contributed by atoms with van der Waals surface area (Å²) >= 11 is 0. The standard InChI is InChI=1S/C73H123N2O7P/c1-7-10-13-16-19-22-25-28-30-32-34-36-37-39-40-42-44-47-50-53-56-59-62-65-72(76)74-70(69-81-83(78,79)80-68-67-75(4,5)6)71(64-61-58-55-52-49-46-27-24-21-18-15-12-9-3)82-73(77)66-63-60-57-54-51-48-45-43-41-38-35-33-31-29-26-23-20-17-14-11-8-2/h10-11,13-14,19-20,22-23,28-31,34-36,38-40,43-45,47,61,64,70-71H,7-9,12,15-18,21,24-27,32-33,37,41-42,46,48-60,62-63,65-69H2,1-6H3,(H-,74,76,78,79)/p+1/b13-10-,14-11-,22-19-,23-20-,30-28-,31-29-,36-34-,38-35-,40-39-,45-43-,47-44-,64-61+. The maximum atomic E-state index is 13.6. The lowest BCUT2D eigenvalue weighted by molar-refractivity contribution is -0.870. The molecule has 0 aliphatic carbocycles. The number of hydrogen-bond acceptors (Lipinski definition) is 6. The Morgan fingerprint density at radius 3 is 1.16 bits per heavy atom. The monoisotopic (exact) mass is 1170 g/mol. The van der Waals surface area contributed by atoms with Crippen LogP contribution >= 0.6 is 7.82 Å². The van der Waals surface area contributed by atoms with Crippen LogP contribution in [0.15, 0.2) is 146 Å². The van der Waals surface area contributed by atoms with Crippen molar-refractivity contribution in [3.63, 3.8) is 0 Å². The zero-order valence-electron chi connectivity index (χ0n) is 53.9. The zero-order chi connectivity index (χ0) is 60.7. The minimum Gasteiger partial charge on any atom is -0.456 e. The topological polar surface area (TPSA) is 111 Å². The minimum absolute atomic E-state index is 0.0229. The van der Waals surface area contributed by atoms with Crippen molar-refractivity contribution in [3.05, 3.63) is 146 Å². The molecule has 0 spiro atoms. The molecule has 0 saturated heterocycles. The average molecular weight is 1170 g/mol. The molecule has 10 heteroatoms. The van der Waals surface area contributed by atoms with Crippen molar-refractivity contribution in [1.29, 1.82) is 0 Å². The van der Waals surface area contributed by atoms with Gasteiger partial charge >= 0.3 is 13.8 Å². The molecule has 1 amide bonds. The number of unbranched alkanes of at least 4 members (excludes halogenated alkanes) is 20. The maximum absolute atomic E-state index is 13.6. The van der Waals surface area contributed by atoms with Crippen LogP contribution in [0.25, 0.3) is 0 Å². The first-order chi connectivity index (χ1) is 40.4. The molecule has 0 aromatic carbocycles. The van der Waals surface area contributed by atoms with Crippen molar-refractivity contribution in [2.45, 2.75) is 264 Å². The van der Waals surface area contributed by atoms with Gasteiger partial charge in [-0.3, -0.25) is 18.6 Å². The van der Waals surface area contributed by atoms with Gasteiger partial charge in [0.15, 0.2) is 0 Å². The number of amides is 1. The molecule has 0 aliphatic rings. The fourth-order valence-electron chi connectivity index (χ4n) is 8.73. The van der Waals surface area contributed by atoms with Gasteiger partial charge in [-0.25, -0.2) is 4.57 Å². The van der Waals surface area contributed by atoms with Crippen molar-refractivity contribution in [2.75, 3.05) is 40.9 Å². The third-order valence-electron chi connectivity index (χ3n) is 13.8. The molecule has 2 N–H and O–H groups in total. The molecule has 0 rings (SSSR count). The van der Waals surface area contributed by atoms with Gasteiger partial charge in [-0.15, -0.1) is 0 Å². The van der Waals surface area contributed by atoms with E-state index in [0.717, 1.165) is 148 Å². The summed E-state index contributed by atoms with van der Waals surface area (Å²) < 4.78 is 30.7. The molecule has 9 nitrogen and oxygen atoms in total. The summed E-state index contributed by atoms with van der Waals surface area (Å²) in [4.78, 5) is 37.8. The molecule has 0 aliphatic heterocycles. The Morgan fingerprint density at radius 2 is 0.771 bits per heavy atom. The first-order valence-electron chi connectivity index (χ1n) is 33.2. The largest absolute Gasteiger partial charge is 0.472 e. The average Bonchev–Trinajstić information content (AvgIpc) is 3.46. The molecule has 3 unspecified atom stereocenters. The van der Waals surface area contributed by atoms with Gasteiger partial charge in [-0.1, -0.05) is 257 Å². The molecular formula is C73H124N2O7P+. The highest BCUT2D eigenvalue weighted by molar-refractivity contribution is 7.47. The number of esters is 1. The first-order valence-corrected chi connectivity index (χ1v) is 34.7. The molecule has 0 heterocycles. The Labute approximate surface area is 510 Å². The van der Waals surface area contributed by atoms with Crippen LogP contribution in [0.4, 0.5) is 0 Å². The predicted octanol–water partition coefficient (Wildman–Crippen LogP) is 21.0. The lowest BCUT2D eigenvalue weighted by Gasteiger charge is -2.27. The normalized spacial score (nSPS) is 14.5. The quantitative estimate of drug-likeness (QED) is 0.0205. The van der Waals surface area contributed by atoms with Gasteiger partial charge in [0, 0.05) is 12.8 Å². The van der Waals surface area contributed by atoms with E-state index in [1.54, 1.807) is 0 Å². The van der Waals surface area contributed by atoms with Crippen LogP contribution in [-0.4, -0.2) is 74.3 Å². The third kappa shape index (κ3) is 62.2. The Bertz CT molecular complexity index is 1930. The molecule has 0 radical (unpaired) electrons. The van der Waals surface area contributed by atoms with E-state index in [1.165, 1.54) is 57.8 Å². The maximum Gasteiger partial charge on any atom is 0.472 e. The van der Waals surface area contributed by atoms with Gasteiger partial charge in [-0.2, -0.15) is 0 Å². The van der Waals surface area contributed by atoms with Gasteiger partial charge < -0.3 is 19.4 Å². The second-order valence-electron chi connectivity index (χ2n) is 22.9. The number of rotatable bonds is 58. The molecule has 472 valence electrons. The van der Waals surface area contributed by atoms with Crippen molar-refractivity contribution < 1.29 is 37.3 Å². The number of allylic oxidation sites excluding steroid dienone is 23. The summed E-state index contributed by atoms with van der Waals surface area (Å²) in [6, 6.07) is -0.883. The van der Waals surface area contributed by atoms with Gasteiger partial charge in [0.05, 0.1) is 33.8 Å². The predicted molar refractivity (Wildman–Crippen MR) is 359 cm³/mol. The molecule has 0 bridgehead atoms. The summed E-state index contributed by atoms with van der Waals surface area (Å²) in [7, 11) is 1.44. The zero-order valence-corrected chi connectivity index (χ0v) is 54.8. The highest BCUT2D eigenvalue weighted by atomic mass is 31.2. The van der Waals surface area contributed by atoms with E-state index in [-0.39, 0.29) is 37.9 Å². The van der Waals surface area contributed by atoms with Crippen LogP contribution < -0.4 is 5.32 Å². The van der Waals surface area contributed by atoms with Crippen molar-refractivity contribution in [3.8, 4) is 0 Å². The van der Waals surface area contributed by atoms with Crippen molar-refractivity contribution >= 4 is 19.7 Å². The van der Waals surface area contributed by atoms with Crippen molar-refractivity contribution in [1.82, 2.24) is 5.32 Å². The Hall–Kier alpha value is -4.11. The van der Waals surface area contributed by atoms with E-state index in [2.05, 4.69) is 160 Å². The number of ether oxygens (including phenoxy) is 1. The number of nitrogens with zero attached hydrogens (tertiary/aromatic N) is 1. The van der Waals surface area contributed by atoms with Crippen molar-refractivity contribution in [2.24, 2.45) is 0 Å². The molecular weight excluding hydrogens is 1050 g/mol. The summed E-state index contributed by atoms with van der Waals surface area (Å²) in [5, 5.41) is 3.04. The van der Waals surface area contributed by atoms with E-state index in [0.29, 0.717) is 23.9 Å². The number of nitrogens with one attached hydrogen (secondary N) is 1. The third-order valence-corrected chi connectivity index (χ3v) is 14.8. The second-order valence-corrected chi connectivity index (χ2v) is 24.3. The van der Waals surface area contributed by atoms with E-state index in [4.69, 9.17) is 13.8 Å². The van der Waals surface area contributed by atoms with Crippen LogP contribution in [0.3, 0.4) is 0 Å².